The number of fused-ring (bicyclic) bond motifs is 1. The summed E-state index contributed by atoms with van der Waals surface area (Å²) in [6, 6.07) is 1.60. The molecule has 0 fully saturated rings. The maximum Gasteiger partial charge on any atom is 0.256 e. The lowest BCUT2D eigenvalue weighted by Crippen LogP contribution is -2.01. The Balaban J connectivity index is 2.63. The Morgan fingerprint density at radius 3 is 3.23 bits per heavy atom. The number of hydrogen-bond acceptors (Lipinski definition) is 4. The van der Waals surface area contributed by atoms with Gasteiger partial charge in [0.25, 0.3) is 5.78 Å². The van der Waals surface area contributed by atoms with E-state index in [9.17, 15) is 0 Å². The molecule has 0 spiro atoms. The van der Waals surface area contributed by atoms with Crippen LogP contribution in [0, 0.1) is 0 Å². The molecule has 68 valence electrons. The van der Waals surface area contributed by atoms with E-state index in [2.05, 4.69) is 15.1 Å². The summed E-state index contributed by atoms with van der Waals surface area (Å²) in [4.78, 5) is 7.85. The van der Waals surface area contributed by atoms with Crippen molar-refractivity contribution in [2.75, 3.05) is 6.61 Å². The molecule has 0 aliphatic heterocycles. The molecule has 0 amide bonds. The molecule has 2 heterocycles. The monoisotopic (exact) mass is 198 g/mol. The lowest BCUT2D eigenvalue weighted by atomic mass is 10.6. The van der Waals surface area contributed by atoms with Crippen molar-refractivity contribution < 1.29 is 4.74 Å². The fourth-order valence-corrected chi connectivity index (χ4v) is 1.18. The van der Waals surface area contributed by atoms with Crippen LogP contribution in [-0.2, 0) is 0 Å². The van der Waals surface area contributed by atoms with Gasteiger partial charge in [0.1, 0.15) is 11.5 Å². The molecule has 0 saturated heterocycles. The van der Waals surface area contributed by atoms with Gasteiger partial charge in [0.15, 0.2) is 0 Å². The zero-order valence-electron chi connectivity index (χ0n) is 6.94. The van der Waals surface area contributed by atoms with Crippen molar-refractivity contribution in [3.05, 3.63) is 17.5 Å². The quantitative estimate of drug-likeness (QED) is 0.680. The van der Waals surface area contributed by atoms with Crippen molar-refractivity contribution in [2.45, 2.75) is 6.92 Å². The Morgan fingerprint density at radius 2 is 2.46 bits per heavy atom. The first kappa shape index (κ1) is 8.25. The number of ether oxygens (including phenoxy) is 1. The average Bonchev–Trinajstić information content (AvgIpc) is 2.52. The molecule has 0 radical (unpaired) electrons. The third kappa shape index (κ3) is 1.42. The molecule has 2 aromatic rings. The van der Waals surface area contributed by atoms with Crippen LogP contribution in [0.25, 0.3) is 5.78 Å². The van der Waals surface area contributed by atoms with Gasteiger partial charge < -0.3 is 4.74 Å². The lowest BCUT2D eigenvalue weighted by Gasteiger charge is -2.03. The number of hydrogen-bond donors (Lipinski definition) is 0. The SMILES string of the molecule is CCOc1cc(Cl)nc2ncnn12. The Bertz CT molecular complexity index is 427. The van der Waals surface area contributed by atoms with Crippen molar-refractivity contribution in [3.8, 4) is 5.88 Å². The van der Waals surface area contributed by atoms with Gasteiger partial charge in [-0.1, -0.05) is 11.6 Å². The van der Waals surface area contributed by atoms with E-state index in [1.165, 1.54) is 10.8 Å². The smallest absolute Gasteiger partial charge is 0.256 e. The first-order chi connectivity index (χ1) is 6.31. The highest BCUT2D eigenvalue weighted by Crippen LogP contribution is 2.16. The molecule has 0 aliphatic rings. The van der Waals surface area contributed by atoms with Gasteiger partial charge in [0.05, 0.1) is 6.61 Å². The second kappa shape index (κ2) is 3.18. The lowest BCUT2D eigenvalue weighted by molar-refractivity contribution is 0.317. The van der Waals surface area contributed by atoms with Crippen LogP contribution in [0.1, 0.15) is 6.92 Å². The van der Waals surface area contributed by atoms with E-state index in [0.29, 0.717) is 23.4 Å². The number of halogens is 1. The molecule has 0 bridgehead atoms. The predicted molar refractivity (Wildman–Crippen MR) is 47.0 cm³/mol. The van der Waals surface area contributed by atoms with Crippen molar-refractivity contribution >= 4 is 17.4 Å². The maximum absolute atomic E-state index is 5.74. The summed E-state index contributed by atoms with van der Waals surface area (Å²) < 4.78 is 6.79. The third-order valence-corrected chi connectivity index (χ3v) is 1.67. The average molecular weight is 199 g/mol. The van der Waals surface area contributed by atoms with Crippen molar-refractivity contribution in [2.24, 2.45) is 0 Å². The molecule has 0 N–H and O–H groups in total. The summed E-state index contributed by atoms with van der Waals surface area (Å²) in [7, 11) is 0. The van der Waals surface area contributed by atoms with Gasteiger partial charge >= 0.3 is 0 Å². The number of rotatable bonds is 2. The molecular weight excluding hydrogens is 192 g/mol. The van der Waals surface area contributed by atoms with E-state index in [4.69, 9.17) is 16.3 Å². The fourth-order valence-electron chi connectivity index (χ4n) is 1.01. The van der Waals surface area contributed by atoms with Crippen molar-refractivity contribution in [1.29, 1.82) is 0 Å². The molecule has 0 saturated carbocycles. The van der Waals surface area contributed by atoms with Crippen LogP contribution in [0.15, 0.2) is 12.4 Å². The summed E-state index contributed by atoms with van der Waals surface area (Å²) in [5, 5.41) is 4.29. The van der Waals surface area contributed by atoms with E-state index in [1.807, 2.05) is 6.92 Å². The standard InChI is InChI=1S/C7H7ClN4O/c1-2-13-6-3-5(8)11-7-9-4-10-12(6)7/h3-4H,2H2,1H3. The Hall–Kier alpha value is -1.36. The van der Waals surface area contributed by atoms with Gasteiger partial charge in [-0.05, 0) is 6.92 Å². The van der Waals surface area contributed by atoms with E-state index >= 15 is 0 Å². The van der Waals surface area contributed by atoms with Gasteiger partial charge in [-0.25, -0.2) is 0 Å². The Labute approximate surface area is 79.3 Å². The summed E-state index contributed by atoms with van der Waals surface area (Å²) in [6.45, 7) is 2.44. The number of aromatic nitrogens is 4. The minimum Gasteiger partial charge on any atom is -0.478 e. The molecule has 0 unspecified atom stereocenters. The van der Waals surface area contributed by atoms with Gasteiger partial charge in [-0.15, -0.1) is 0 Å². The molecule has 0 aliphatic carbocycles. The summed E-state index contributed by atoms with van der Waals surface area (Å²) >= 11 is 5.74. The molecule has 0 atom stereocenters. The normalized spacial score (nSPS) is 10.6. The van der Waals surface area contributed by atoms with Crippen LogP contribution in [-0.4, -0.2) is 26.2 Å². The highest BCUT2D eigenvalue weighted by molar-refractivity contribution is 6.29. The van der Waals surface area contributed by atoms with Crippen LogP contribution in [0.5, 0.6) is 5.88 Å². The molecule has 2 aromatic heterocycles. The Morgan fingerprint density at radius 1 is 1.62 bits per heavy atom. The Kier molecular flexibility index (Phi) is 2.02. The van der Waals surface area contributed by atoms with E-state index in [-0.39, 0.29) is 0 Å². The summed E-state index contributed by atoms with van der Waals surface area (Å²) in [5.41, 5.74) is 0. The molecule has 5 nitrogen and oxygen atoms in total. The molecular formula is C7H7ClN4O. The molecule has 0 aromatic carbocycles. The third-order valence-electron chi connectivity index (χ3n) is 1.48. The predicted octanol–water partition coefficient (Wildman–Crippen LogP) is 1.18. The molecule has 6 heteroatoms. The molecule has 13 heavy (non-hydrogen) atoms. The minimum absolute atomic E-state index is 0.351. The van der Waals surface area contributed by atoms with Gasteiger partial charge in [-0.2, -0.15) is 19.6 Å². The topological polar surface area (TPSA) is 52.3 Å². The zero-order valence-corrected chi connectivity index (χ0v) is 7.69. The van der Waals surface area contributed by atoms with E-state index in [0.717, 1.165) is 0 Å². The first-order valence-electron chi connectivity index (χ1n) is 3.80. The highest BCUT2D eigenvalue weighted by atomic mass is 35.5. The van der Waals surface area contributed by atoms with Crippen LogP contribution < -0.4 is 4.74 Å². The largest absolute Gasteiger partial charge is 0.478 e. The summed E-state index contributed by atoms with van der Waals surface area (Å²) in [6.07, 6.45) is 1.40. The van der Waals surface area contributed by atoms with Crippen LogP contribution in [0.3, 0.4) is 0 Å². The summed E-state index contributed by atoms with van der Waals surface area (Å²) in [5.74, 6) is 0.992. The maximum atomic E-state index is 5.74. The van der Waals surface area contributed by atoms with Crippen LogP contribution >= 0.6 is 11.6 Å². The van der Waals surface area contributed by atoms with E-state index < -0.39 is 0 Å². The van der Waals surface area contributed by atoms with Gasteiger partial charge in [0, 0.05) is 6.07 Å². The van der Waals surface area contributed by atoms with E-state index in [1.54, 1.807) is 6.07 Å². The number of nitrogens with zero attached hydrogens (tertiary/aromatic N) is 4. The second-order valence-electron chi connectivity index (χ2n) is 2.32. The van der Waals surface area contributed by atoms with Gasteiger partial charge in [-0.3, -0.25) is 0 Å². The van der Waals surface area contributed by atoms with Crippen LogP contribution in [0.4, 0.5) is 0 Å². The highest BCUT2D eigenvalue weighted by Gasteiger charge is 2.05. The fraction of sp³-hybridized carbons (Fsp3) is 0.286. The first-order valence-corrected chi connectivity index (χ1v) is 4.18. The van der Waals surface area contributed by atoms with Crippen LogP contribution in [0.2, 0.25) is 5.15 Å². The van der Waals surface area contributed by atoms with Gasteiger partial charge in [0.2, 0.25) is 5.88 Å². The molecule has 2 rings (SSSR count). The zero-order chi connectivity index (χ0) is 9.26. The minimum atomic E-state index is 0.351. The second-order valence-corrected chi connectivity index (χ2v) is 2.71. The van der Waals surface area contributed by atoms with Crippen molar-refractivity contribution in [3.63, 3.8) is 0 Å². The van der Waals surface area contributed by atoms with Crippen molar-refractivity contribution in [1.82, 2.24) is 19.6 Å².